The minimum atomic E-state index is -0.804. The number of aliphatic hydroxyl groups is 1. The number of thiazole rings is 1. The molecule has 0 radical (unpaired) electrons. The number of amides is 1. The van der Waals surface area contributed by atoms with Crippen molar-refractivity contribution in [1.82, 2.24) is 9.88 Å². The molecule has 0 bridgehead atoms. The van der Waals surface area contributed by atoms with Crippen molar-refractivity contribution in [3.8, 4) is 10.6 Å². The van der Waals surface area contributed by atoms with E-state index in [9.17, 15) is 19.5 Å². The van der Waals surface area contributed by atoms with Crippen molar-refractivity contribution in [2.75, 3.05) is 0 Å². The zero-order chi connectivity index (χ0) is 29.3. The van der Waals surface area contributed by atoms with Crippen LogP contribution in [0.25, 0.3) is 10.6 Å². The fourth-order valence-electron chi connectivity index (χ4n) is 4.89. The van der Waals surface area contributed by atoms with Crippen LogP contribution in [0.1, 0.15) is 62.3 Å². The van der Waals surface area contributed by atoms with E-state index in [1.165, 1.54) is 16.2 Å². The summed E-state index contributed by atoms with van der Waals surface area (Å²) in [5.74, 6) is -2.04. The van der Waals surface area contributed by atoms with Crippen LogP contribution in [0.2, 0.25) is 0 Å². The maximum Gasteiger partial charge on any atom is 0.338 e. The van der Waals surface area contributed by atoms with E-state index in [4.69, 9.17) is 4.74 Å². The molecule has 0 aliphatic carbocycles. The molecule has 1 N–H and O–H groups in total. The summed E-state index contributed by atoms with van der Waals surface area (Å²) in [5, 5.41) is 11.8. The van der Waals surface area contributed by atoms with Crippen LogP contribution >= 0.6 is 11.3 Å². The Morgan fingerprint density at radius 3 is 2.37 bits per heavy atom. The van der Waals surface area contributed by atoms with Crippen molar-refractivity contribution in [2.24, 2.45) is 0 Å². The summed E-state index contributed by atoms with van der Waals surface area (Å²) < 4.78 is 5.26. The monoisotopic (exact) mass is 566 g/mol. The highest BCUT2D eigenvalue weighted by molar-refractivity contribution is 7.17. The smallest absolute Gasteiger partial charge is 0.338 e. The van der Waals surface area contributed by atoms with Crippen molar-refractivity contribution < 1.29 is 24.2 Å². The Morgan fingerprint density at radius 1 is 1.00 bits per heavy atom. The standard InChI is InChI=1S/C33H30N2O5S/c1-19(2)40-33(39)24-15-13-22(14-16-24)18-35-27(25-12-8-9-20(3)17-25)26(29(37)32(35)38)28(36)30-21(4)34-31(41-30)23-10-6-5-7-11-23/h5-17,19,27,37H,18H2,1-4H3. The predicted octanol–water partition coefficient (Wildman–Crippen LogP) is 6.77. The molecule has 41 heavy (non-hydrogen) atoms. The lowest BCUT2D eigenvalue weighted by molar-refractivity contribution is -0.130. The first-order chi connectivity index (χ1) is 19.6. The molecular weight excluding hydrogens is 536 g/mol. The van der Waals surface area contributed by atoms with Crippen LogP contribution in [0.4, 0.5) is 0 Å². The van der Waals surface area contributed by atoms with Gasteiger partial charge in [-0.3, -0.25) is 9.59 Å². The van der Waals surface area contributed by atoms with Gasteiger partial charge in [0, 0.05) is 12.1 Å². The van der Waals surface area contributed by atoms with Gasteiger partial charge in [-0.15, -0.1) is 11.3 Å². The number of aliphatic hydroxyl groups excluding tert-OH is 1. The van der Waals surface area contributed by atoms with E-state index in [2.05, 4.69) is 4.98 Å². The summed E-state index contributed by atoms with van der Waals surface area (Å²) >= 11 is 1.25. The molecule has 8 heteroatoms. The first-order valence-electron chi connectivity index (χ1n) is 13.3. The SMILES string of the molecule is Cc1cccc(C2C(C(=O)c3sc(-c4ccccc4)nc3C)=C(O)C(=O)N2Cc2ccc(C(=O)OC(C)C)cc2)c1. The molecule has 4 aromatic rings. The van der Waals surface area contributed by atoms with E-state index >= 15 is 0 Å². The molecule has 2 heterocycles. The van der Waals surface area contributed by atoms with Gasteiger partial charge in [0.2, 0.25) is 5.78 Å². The maximum atomic E-state index is 14.1. The number of rotatable bonds is 8. The third-order valence-corrected chi connectivity index (χ3v) is 8.02. The van der Waals surface area contributed by atoms with Gasteiger partial charge in [-0.1, -0.05) is 72.3 Å². The average molecular weight is 567 g/mol. The quantitative estimate of drug-likeness (QED) is 0.187. The van der Waals surface area contributed by atoms with Crippen LogP contribution in [0.15, 0.2) is 90.2 Å². The van der Waals surface area contributed by atoms with Crippen LogP contribution < -0.4 is 0 Å². The summed E-state index contributed by atoms with van der Waals surface area (Å²) in [6.45, 7) is 7.38. The van der Waals surface area contributed by atoms with Gasteiger partial charge < -0.3 is 14.7 Å². The van der Waals surface area contributed by atoms with Crippen LogP contribution in [0, 0.1) is 13.8 Å². The van der Waals surface area contributed by atoms with Gasteiger partial charge in [-0.2, -0.15) is 0 Å². The molecular formula is C33H30N2O5S. The zero-order valence-electron chi connectivity index (χ0n) is 23.3. The highest BCUT2D eigenvalue weighted by Gasteiger charge is 2.44. The second-order valence-electron chi connectivity index (χ2n) is 10.3. The molecule has 1 amide bonds. The van der Waals surface area contributed by atoms with Gasteiger partial charge in [0.15, 0.2) is 5.76 Å². The number of esters is 1. The second kappa shape index (κ2) is 11.5. The number of carbonyl (C=O) groups excluding carboxylic acids is 3. The fourth-order valence-corrected chi connectivity index (χ4v) is 5.92. The highest BCUT2D eigenvalue weighted by Crippen LogP contribution is 2.42. The average Bonchev–Trinajstić information content (AvgIpc) is 3.46. The third kappa shape index (κ3) is 5.69. The van der Waals surface area contributed by atoms with Gasteiger partial charge >= 0.3 is 5.97 Å². The minimum Gasteiger partial charge on any atom is -0.503 e. The van der Waals surface area contributed by atoms with Gasteiger partial charge in [0.05, 0.1) is 33.9 Å². The number of hydrogen-bond acceptors (Lipinski definition) is 7. The normalized spacial score (nSPS) is 15.1. The lowest BCUT2D eigenvalue weighted by Gasteiger charge is -2.27. The first kappa shape index (κ1) is 28.0. The molecule has 208 valence electrons. The number of aromatic nitrogens is 1. The van der Waals surface area contributed by atoms with Gasteiger partial charge in [-0.05, 0) is 51.0 Å². The van der Waals surface area contributed by atoms with Crippen molar-refractivity contribution >= 4 is 29.0 Å². The van der Waals surface area contributed by atoms with Gasteiger partial charge in [0.25, 0.3) is 5.91 Å². The molecule has 3 aromatic carbocycles. The topological polar surface area (TPSA) is 96.8 Å². The second-order valence-corrected chi connectivity index (χ2v) is 11.3. The summed E-state index contributed by atoms with van der Waals surface area (Å²) in [5.41, 5.74) is 4.27. The molecule has 0 saturated heterocycles. The zero-order valence-corrected chi connectivity index (χ0v) is 24.1. The summed E-state index contributed by atoms with van der Waals surface area (Å²) in [7, 11) is 0. The van der Waals surface area contributed by atoms with E-state index in [1.54, 1.807) is 45.0 Å². The number of nitrogens with zero attached hydrogens (tertiary/aromatic N) is 2. The Morgan fingerprint density at radius 2 is 1.71 bits per heavy atom. The van der Waals surface area contributed by atoms with Crippen LogP contribution in [-0.2, 0) is 16.1 Å². The Hall–Kier alpha value is -4.56. The van der Waals surface area contributed by atoms with Crippen molar-refractivity contribution in [1.29, 1.82) is 0 Å². The molecule has 1 aliphatic rings. The lowest BCUT2D eigenvalue weighted by Crippen LogP contribution is -2.30. The Balaban J connectivity index is 1.51. The molecule has 1 aromatic heterocycles. The number of carbonyl (C=O) groups is 3. The lowest BCUT2D eigenvalue weighted by atomic mass is 9.94. The molecule has 0 fully saturated rings. The van der Waals surface area contributed by atoms with Gasteiger partial charge in [-0.25, -0.2) is 9.78 Å². The molecule has 1 aliphatic heterocycles. The molecule has 1 atom stereocenters. The van der Waals surface area contributed by atoms with Crippen molar-refractivity contribution in [2.45, 2.75) is 46.4 Å². The van der Waals surface area contributed by atoms with E-state index in [0.717, 1.165) is 16.7 Å². The van der Waals surface area contributed by atoms with Crippen molar-refractivity contribution in [3.63, 3.8) is 0 Å². The molecule has 0 saturated carbocycles. The number of ether oxygens (including phenoxy) is 1. The van der Waals surface area contributed by atoms with E-state index < -0.39 is 29.5 Å². The number of aryl methyl sites for hydroxylation is 2. The summed E-state index contributed by atoms with van der Waals surface area (Å²) in [6, 6.07) is 23.1. The van der Waals surface area contributed by atoms with Crippen LogP contribution in [-0.4, -0.2) is 38.8 Å². The summed E-state index contributed by atoms with van der Waals surface area (Å²) in [6.07, 6.45) is -0.240. The Labute approximate surface area is 242 Å². The van der Waals surface area contributed by atoms with Crippen LogP contribution in [0.3, 0.4) is 0 Å². The third-order valence-electron chi connectivity index (χ3n) is 6.82. The summed E-state index contributed by atoms with van der Waals surface area (Å²) in [4.78, 5) is 46.3. The van der Waals surface area contributed by atoms with Crippen molar-refractivity contribution in [3.05, 3.63) is 123 Å². The number of ketones is 1. The number of hydrogen-bond donors (Lipinski definition) is 1. The minimum absolute atomic E-state index is 0.0316. The maximum absolute atomic E-state index is 14.1. The number of Topliss-reactive ketones (excluding diaryl/α,β-unsaturated/α-hetero) is 1. The van der Waals surface area contributed by atoms with E-state index in [-0.39, 0.29) is 18.2 Å². The predicted molar refractivity (Wildman–Crippen MR) is 158 cm³/mol. The van der Waals surface area contributed by atoms with E-state index in [0.29, 0.717) is 26.7 Å². The molecule has 0 spiro atoms. The molecule has 7 nitrogen and oxygen atoms in total. The highest BCUT2D eigenvalue weighted by atomic mass is 32.1. The van der Waals surface area contributed by atoms with E-state index in [1.807, 2.05) is 61.5 Å². The fraction of sp³-hybridized carbons (Fsp3) is 0.212. The number of benzene rings is 3. The van der Waals surface area contributed by atoms with Gasteiger partial charge in [0.1, 0.15) is 5.01 Å². The first-order valence-corrected chi connectivity index (χ1v) is 14.1. The Bertz CT molecular complexity index is 1650. The van der Waals surface area contributed by atoms with Crippen LogP contribution in [0.5, 0.6) is 0 Å². The molecule has 5 rings (SSSR count). The largest absolute Gasteiger partial charge is 0.503 e. The molecule has 1 unspecified atom stereocenters. The Kier molecular flexibility index (Phi) is 7.85.